The van der Waals surface area contributed by atoms with Gasteiger partial charge in [-0.25, -0.2) is 9.97 Å². The van der Waals surface area contributed by atoms with Gasteiger partial charge in [-0.1, -0.05) is 12.8 Å². The molecule has 1 aliphatic carbocycles. The summed E-state index contributed by atoms with van der Waals surface area (Å²) in [5, 5.41) is 0. The van der Waals surface area contributed by atoms with Crippen LogP contribution in [0.5, 0.6) is 0 Å². The molecule has 1 atom stereocenters. The topological polar surface area (TPSA) is 63.9 Å². The van der Waals surface area contributed by atoms with Crippen molar-refractivity contribution in [2.45, 2.75) is 44.4 Å². The first kappa shape index (κ1) is 15.3. The molecular weight excluding hydrogens is 302 g/mol. The summed E-state index contributed by atoms with van der Waals surface area (Å²) in [6.45, 7) is 1.66. The van der Waals surface area contributed by atoms with Crippen LogP contribution in [0.4, 0.5) is 0 Å². The van der Waals surface area contributed by atoms with E-state index in [1.165, 1.54) is 12.8 Å². The second-order valence-corrected chi connectivity index (χ2v) is 6.88. The number of hydrogen-bond donors (Lipinski definition) is 0. The van der Waals surface area contributed by atoms with Crippen LogP contribution in [0.2, 0.25) is 0 Å². The summed E-state index contributed by atoms with van der Waals surface area (Å²) >= 11 is 0. The molecule has 2 aromatic heterocycles. The zero-order valence-corrected chi connectivity index (χ0v) is 13.8. The number of amides is 1. The summed E-state index contributed by atoms with van der Waals surface area (Å²) in [5.74, 6) is 1.67. The van der Waals surface area contributed by atoms with E-state index in [-0.39, 0.29) is 11.8 Å². The van der Waals surface area contributed by atoms with E-state index < -0.39 is 0 Å². The number of aromatic nitrogens is 4. The molecule has 4 rings (SSSR count). The first-order chi connectivity index (χ1) is 11.8. The Morgan fingerprint density at radius 3 is 2.75 bits per heavy atom. The van der Waals surface area contributed by atoms with Gasteiger partial charge in [-0.15, -0.1) is 0 Å². The summed E-state index contributed by atoms with van der Waals surface area (Å²) in [7, 11) is 0. The molecule has 6 nitrogen and oxygen atoms in total. The SMILES string of the molecule is O=C(C1CCCC1)N1CCC[C@@H](c2cncc(-n3ccnc3)n2)C1. The van der Waals surface area contributed by atoms with E-state index in [2.05, 4.69) is 14.9 Å². The number of carbonyl (C=O) groups excluding carboxylic acids is 1. The molecule has 1 amide bonds. The Balaban J connectivity index is 1.50. The van der Waals surface area contributed by atoms with Crippen LogP contribution in [0, 0.1) is 5.92 Å². The predicted octanol–water partition coefficient (Wildman–Crippen LogP) is 2.56. The van der Waals surface area contributed by atoms with Gasteiger partial charge in [0, 0.05) is 43.5 Å². The molecule has 0 N–H and O–H groups in total. The molecule has 1 saturated carbocycles. The highest BCUT2D eigenvalue weighted by Gasteiger charge is 2.31. The maximum atomic E-state index is 12.7. The predicted molar refractivity (Wildman–Crippen MR) is 89.7 cm³/mol. The number of likely N-dealkylation sites (tertiary alicyclic amines) is 1. The first-order valence-electron chi connectivity index (χ1n) is 8.90. The molecule has 2 aliphatic rings. The van der Waals surface area contributed by atoms with E-state index >= 15 is 0 Å². The molecule has 2 aromatic rings. The third kappa shape index (κ3) is 3.05. The second kappa shape index (κ2) is 6.71. The van der Waals surface area contributed by atoms with Crippen LogP contribution in [0.1, 0.15) is 50.1 Å². The molecule has 0 radical (unpaired) electrons. The van der Waals surface area contributed by atoms with Crippen molar-refractivity contribution in [2.75, 3.05) is 13.1 Å². The van der Waals surface area contributed by atoms with Gasteiger partial charge in [-0.05, 0) is 25.7 Å². The van der Waals surface area contributed by atoms with E-state index in [1.807, 2.05) is 17.0 Å². The van der Waals surface area contributed by atoms with Gasteiger partial charge in [0.1, 0.15) is 6.33 Å². The average molecular weight is 325 g/mol. The lowest BCUT2D eigenvalue weighted by Crippen LogP contribution is -2.42. The second-order valence-electron chi connectivity index (χ2n) is 6.88. The lowest BCUT2D eigenvalue weighted by Gasteiger charge is -2.34. The Hall–Kier alpha value is -2.24. The van der Waals surface area contributed by atoms with Crippen LogP contribution in [0.15, 0.2) is 31.1 Å². The number of nitrogens with zero attached hydrogens (tertiary/aromatic N) is 5. The summed E-state index contributed by atoms with van der Waals surface area (Å²) in [6, 6.07) is 0. The summed E-state index contributed by atoms with van der Waals surface area (Å²) in [6.07, 6.45) is 15.6. The van der Waals surface area contributed by atoms with Crippen molar-refractivity contribution in [1.29, 1.82) is 0 Å². The van der Waals surface area contributed by atoms with Crippen LogP contribution in [0.25, 0.3) is 5.82 Å². The standard InChI is InChI=1S/C18H23N5O/c24-18(14-4-1-2-5-14)22-8-3-6-15(12-22)16-10-20-11-17(21-16)23-9-7-19-13-23/h7,9-11,13-15H,1-6,8,12H2/t15-/m1/s1. The van der Waals surface area contributed by atoms with Crippen molar-refractivity contribution in [1.82, 2.24) is 24.4 Å². The lowest BCUT2D eigenvalue weighted by molar-refractivity contribution is -0.136. The Morgan fingerprint density at radius 1 is 1.08 bits per heavy atom. The van der Waals surface area contributed by atoms with Crippen molar-refractivity contribution in [2.24, 2.45) is 5.92 Å². The van der Waals surface area contributed by atoms with Crippen LogP contribution in [-0.4, -0.2) is 43.4 Å². The Labute approximate surface area is 141 Å². The molecule has 1 aliphatic heterocycles. The van der Waals surface area contributed by atoms with Gasteiger partial charge in [0.05, 0.1) is 11.9 Å². The van der Waals surface area contributed by atoms with E-state index in [9.17, 15) is 4.79 Å². The van der Waals surface area contributed by atoms with E-state index in [0.29, 0.717) is 5.91 Å². The van der Waals surface area contributed by atoms with Crippen LogP contribution in [0.3, 0.4) is 0 Å². The number of imidazole rings is 1. The maximum Gasteiger partial charge on any atom is 0.225 e. The van der Waals surface area contributed by atoms with E-state index in [0.717, 1.165) is 50.3 Å². The van der Waals surface area contributed by atoms with Crippen LogP contribution in [-0.2, 0) is 4.79 Å². The van der Waals surface area contributed by atoms with Crippen molar-refractivity contribution in [3.8, 4) is 5.82 Å². The monoisotopic (exact) mass is 325 g/mol. The van der Waals surface area contributed by atoms with Crippen molar-refractivity contribution in [3.63, 3.8) is 0 Å². The third-order valence-corrected chi connectivity index (χ3v) is 5.27. The fraction of sp³-hybridized carbons (Fsp3) is 0.556. The zero-order valence-electron chi connectivity index (χ0n) is 13.8. The number of carbonyl (C=O) groups is 1. The minimum atomic E-state index is 0.257. The smallest absolute Gasteiger partial charge is 0.225 e. The molecular formula is C18H23N5O. The van der Waals surface area contributed by atoms with Gasteiger partial charge in [-0.2, -0.15) is 0 Å². The largest absolute Gasteiger partial charge is 0.342 e. The van der Waals surface area contributed by atoms with Gasteiger partial charge in [-0.3, -0.25) is 14.3 Å². The molecule has 126 valence electrons. The minimum absolute atomic E-state index is 0.257. The summed E-state index contributed by atoms with van der Waals surface area (Å²) in [4.78, 5) is 27.9. The van der Waals surface area contributed by atoms with Crippen LogP contribution >= 0.6 is 0 Å². The van der Waals surface area contributed by atoms with Crippen molar-refractivity contribution >= 4 is 5.91 Å². The van der Waals surface area contributed by atoms with Gasteiger partial charge in [0.25, 0.3) is 0 Å². The number of hydrogen-bond acceptors (Lipinski definition) is 4. The Morgan fingerprint density at radius 2 is 1.96 bits per heavy atom. The van der Waals surface area contributed by atoms with Gasteiger partial charge in [0.2, 0.25) is 5.91 Å². The molecule has 0 bridgehead atoms. The molecule has 3 heterocycles. The highest BCUT2D eigenvalue weighted by Crippen LogP contribution is 2.31. The number of rotatable bonds is 3. The Bertz CT molecular complexity index is 693. The van der Waals surface area contributed by atoms with Crippen molar-refractivity contribution < 1.29 is 4.79 Å². The normalized spacial score (nSPS) is 22.0. The molecule has 0 aromatic carbocycles. The lowest BCUT2D eigenvalue weighted by atomic mass is 9.93. The minimum Gasteiger partial charge on any atom is -0.342 e. The molecule has 24 heavy (non-hydrogen) atoms. The van der Waals surface area contributed by atoms with Gasteiger partial charge >= 0.3 is 0 Å². The zero-order chi connectivity index (χ0) is 16.4. The molecule has 2 fully saturated rings. The number of piperidine rings is 1. The highest BCUT2D eigenvalue weighted by atomic mass is 16.2. The summed E-state index contributed by atoms with van der Waals surface area (Å²) < 4.78 is 1.86. The fourth-order valence-corrected chi connectivity index (χ4v) is 3.94. The Kier molecular flexibility index (Phi) is 4.28. The summed E-state index contributed by atoms with van der Waals surface area (Å²) in [5.41, 5.74) is 0.977. The molecule has 0 spiro atoms. The van der Waals surface area contributed by atoms with E-state index in [4.69, 9.17) is 4.98 Å². The molecule has 0 unspecified atom stereocenters. The quantitative estimate of drug-likeness (QED) is 0.870. The van der Waals surface area contributed by atoms with E-state index in [1.54, 1.807) is 18.7 Å². The van der Waals surface area contributed by atoms with Crippen LogP contribution < -0.4 is 0 Å². The fourth-order valence-electron chi connectivity index (χ4n) is 3.94. The highest BCUT2D eigenvalue weighted by molar-refractivity contribution is 5.79. The average Bonchev–Trinajstić information content (AvgIpc) is 3.35. The maximum absolute atomic E-state index is 12.7. The first-order valence-corrected chi connectivity index (χ1v) is 8.90. The van der Waals surface area contributed by atoms with Crippen molar-refractivity contribution in [3.05, 3.63) is 36.8 Å². The third-order valence-electron chi connectivity index (χ3n) is 5.27. The van der Waals surface area contributed by atoms with Gasteiger partial charge in [0.15, 0.2) is 5.82 Å². The van der Waals surface area contributed by atoms with Gasteiger partial charge < -0.3 is 4.90 Å². The molecule has 1 saturated heterocycles. The molecule has 6 heteroatoms.